The lowest BCUT2D eigenvalue weighted by Gasteiger charge is -2.35. The molecule has 0 saturated heterocycles. The highest BCUT2D eigenvalue weighted by Gasteiger charge is 2.36. The lowest BCUT2D eigenvalue weighted by Crippen LogP contribution is -2.37. The molecule has 0 N–H and O–H groups in total. The van der Waals surface area contributed by atoms with Crippen LogP contribution in [0.15, 0.2) is 30.3 Å². The third-order valence-corrected chi connectivity index (χ3v) is 4.45. The molecule has 0 heterocycles. The lowest BCUT2D eigenvalue weighted by molar-refractivity contribution is -0.132. The predicted octanol–water partition coefficient (Wildman–Crippen LogP) is 4.12. The second kappa shape index (κ2) is 5.69. The van der Waals surface area contributed by atoms with Crippen molar-refractivity contribution in [3.05, 3.63) is 35.9 Å². The fourth-order valence-electron chi connectivity index (χ4n) is 3.17. The van der Waals surface area contributed by atoms with Crippen LogP contribution in [0.4, 0.5) is 0 Å². The first kappa shape index (κ1) is 13.3. The van der Waals surface area contributed by atoms with Crippen LogP contribution in [0.5, 0.6) is 0 Å². The maximum atomic E-state index is 12.6. The van der Waals surface area contributed by atoms with Gasteiger partial charge in [-0.2, -0.15) is 0 Å². The summed E-state index contributed by atoms with van der Waals surface area (Å²) in [6.07, 6.45) is 3.21. The molecule has 0 unspecified atom stereocenters. The Morgan fingerprint density at radius 3 is 2.44 bits per heavy atom. The Morgan fingerprint density at radius 2 is 1.83 bits per heavy atom. The molecule has 0 bridgehead atoms. The van der Waals surface area contributed by atoms with Crippen molar-refractivity contribution < 1.29 is 4.79 Å². The number of hydrogen-bond acceptors (Lipinski definition) is 1. The highest BCUT2D eigenvalue weighted by atomic mass is 16.1. The van der Waals surface area contributed by atoms with Crippen molar-refractivity contribution in [2.45, 2.75) is 40.0 Å². The Kier molecular flexibility index (Phi) is 4.21. The van der Waals surface area contributed by atoms with Gasteiger partial charge in [-0.15, -0.1) is 0 Å². The summed E-state index contributed by atoms with van der Waals surface area (Å²) in [5.41, 5.74) is 1.30. The normalized spacial score (nSPS) is 28.7. The summed E-state index contributed by atoms with van der Waals surface area (Å²) >= 11 is 0. The van der Waals surface area contributed by atoms with Crippen LogP contribution < -0.4 is 0 Å². The van der Waals surface area contributed by atoms with Gasteiger partial charge >= 0.3 is 0 Å². The van der Waals surface area contributed by atoms with E-state index in [0.29, 0.717) is 17.6 Å². The van der Waals surface area contributed by atoms with Gasteiger partial charge in [-0.3, -0.25) is 4.79 Å². The van der Waals surface area contributed by atoms with Gasteiger partial charge in [0.2, 0.25) is 0 Å². The van der Waals surface area contributed by atoms with Crippen molar-refractivity contribution in [2.24, 2.45) is 23.7 Å². The zero-order chi connectivity index (χ0) is 13.1. The second-order valence-corrected chi connectivity index (χ2v) is 6.10. The van der Waals surface area contributed by atoms with Crippen LogP contribution in [0.3, 0.4) is 0 Å². The van der Waals surface area contributed by atoms with E-state index in [2.05, 4.69) is 45.0 Å². The number of hydrogen-bond donors (Lipinski definition) is 0. The number of Topliss-reactive ketones (excluding diaryl/α,β-unsaturated/α-hetero) is 1. The summed E-state index contributed by atoms with van der Waals surface area (Å²) in [6, 6.07) is 10.4. The molecular formula is C17H24O. The minimum atomic E-state index is 0.230. The van der Waals surface area contributed by atoms with Gasteiger partial charge in [-0.05, 0) is 36.7 Å². The van der Waals surface area contributed by atoms with Crippen LogP contribution in [0, 0.1) is 23.7 Å². The van der Waals surface area contributed by atoms with E-state index in [1.54, 1.807) is 0 Å². The third-order valence-electron chi connectivity index (χ3n) is 4.45. The minimum absolute atomic E-state index is 0.230. The van der Waals surface area contributed by atoms with Gasteiger partial charge < -0.3 is 0 Å². The third kappa shape index (κ3) is 2.82. The molecule has 1 saturated carbocycles. The van der Waals surface area contributed by atoms with Gasteiger partial charge in [0.05, 0.1) is 0 Å². The molecule has 3 atom stereocenters. The van der Waals surface area contributed by atoms with Crippen LogP contribution in [-0.4, -0.2) is 5.78 Å². The van der Waals surface area contributed by atoms with E-state index in [1.165, 1.54) is 12.0 Å². The molecule has 1 aliphatic carbocycles. The number of carbonyl (C=O) groups is 1. The highest BCUT2D eigenvalue weighted by molar-refractivity contribution is 5.85. The van der Waals surface area contributed by atoms with Crippen LogP contribution in [0.2, 0.25) is 0 Å². The first-order valence-corrected chi connectivity index (χ1v) is 7.17. The molecule has 1 aromatic rings. The van der Waals surface area contributed by atoms with Crippen LogP contribution in [-0.2, 0) is 11.2 Å². The summed E-state index contributed by atoms with van der Waals surface area (Å²) in [7, 11) is 0. The monoisotopic (exact) mass is 244 g/mol. The lowest BCUT2D eigenvalue weighted by atomic mass is 9.68. The molecule has 18 heavy (non-hydrogen) atoms. The van der Waals surface area contributed by atoms with E-state index in [9.17, 15) is 4.79 Å². The molecule has 1 nitrogen and oxygen atoms in total. The van der Waals surface area contributed by atoms with Gasteiger partial charge in [0.15, 0.2) is 0 Å². The number of ketones is 1. The van der Waals surface area contributed by atoms with E-state index in [1.807, 2.05) is 6.07 Å². The fourth-order valence-corrected chi connectivity index (χ4v) is 3.17. The Hall–Kier alpha value is -1.11. The van der Waals surface area contributed by atoms with E-state index in [4.69, 9.17) is 0 Å². The zero-order valence-corrected chi connectivity index (χ0v) is 11.7. The Bertz CT molecular complexity index is 393. The van der Waals surface area contributed by atoms with Gasteiger partial charge in [0, 0.05) is 11.8 Å². The van der Waals surface area contributed by atoms with E-state index in [-0.39, 0.29) is 11.8 Å². The van der Waals surface area contributed by atoms with Crippen molar-refractivity contribution >= 4 is 5.78 Å². The molecule has 1 heteroatoms. The molecule has 0 radical (unpaired) electrons. The number of benzene rings is 1. The molecule has 1 fully saturated rings. The first-order chi connectivity index (χ1) is 8.59. The molecule has 98 valence electrons. The molecule has 1 aliphatic rings. The maximum absolute atomic E-state index is 12.6. The summed E-state index contributed by atoms with van der Waals surface area (Å²) < 4.78 is 0. The number of rotatable bonds is 3. The molecular weight excluding hydrogens is 220 g/mol. The highest BCUT2D eigenvalue weighted by Crippen LogP contribution is 2.36. The molecule has 1 aromatic carbocycles. The Balaban J connectivity index is 2.12. The maximum Gasteiger partial charge on any atom is 0.139 e. The SMILES string of the molecule is CC(C)[C@H]1CC[C@H](C)[C@@H](Cc2ccccc2)C1=O. The molecule has 0 amide bonds. The summed E-state index contributed by atoms with van der Waals surface area (Å²) in [6.45, 7) is 6.60. The minimum Gasteiger partial charge on any atom is -0.299 e. The fraction of sp³-hybridized carbons (Fsp3) is 0.588. The van der Waals surface area contributed by atoms with Gasteiger partial charge in [0.1, 0.15) is 5.78 Å². The smallest absolute Gasteiger partial charge is 0.139 e. The van der Waals surface area contributed by atoms with E-state index < -0.39 is 0 Å². The first-order valence-electron chi connectivity index (χ1n) is 7.17. The summed E-state index contributed by atoms with van der Waals surface area (Å²) in [5, 5.41) is 0. The van der Waals surface area contributed by atoms with Crippen molar-refractivity contribution in [3.63, 3.8) is 0 Å². The molecule has 0 aliphatic heterocycles. The van der Waals surface area contributed by atoms with E-state index >= 15 is 0 Å². The van der Waals surface area contributed by atoms with Crippen LogP contribution >= 0.6 is 0 Å². The van der Waals surface area contributed by atoms with Gasteiger partial charge in [-0.1, -0.05) is 51.1 Å². The average Bonchev–Trinajstić information content (AvgIpc) is 2.35. The van der Waals surface area contributed by atoms with Gasteiger partial charge in [-0.25, -0.2) is 0 Å². The molecule has 0 spiro atoms. The van der Waals surface area contributed by atoms with Crippen molar-refractivity contribution in [1.82, 2.24) is 0 Å². The van der Waals surface area contributed by atoms with E-state index in [0.717, 1.165) is 12.8 Å². The van der Waals surface area contributed by atoms with Crippen molar-refractivity contribution in [3.8, 4) is 0 Å². The predicted molar refractivity (Wildman–Crippen MR) is 75.4 cm³/mol. The van der Waals surface area contributed by atoms with Crippen LogP contribution in [0.25, 0.3) is 0 Å². The number of carbonyl (C=O) groups excluding carboxylic acids is 1. The quantitative estimate of drug-likeness (QED) is 0.781. The second-order valence-electron chi connectivity index (χ2n) is 6.10. The zero-order valence-electron chi connectivity index (χ0n) is 11.7. The molecule has 0 aromatic heterocycles. The standard InChI is InChI=1S/C17H24O/c1-12(2)15-10-9-13(3)16(17(15)18)11-14-7-5-4-6-8-14/h4-8,12-13,15-16H,9-11H2,1-3H3/t13-,15+,16+/m0/s1. The largest absolute Gasteiger partial charge is 0.299 e. The topological polar surface area (TPSA) is 17.1 Å². The molecule has 2 rings (SSSR count). The van der Waals surface area contributed by atoms with Crippen molar-refractivity contribution in [2.75, 3.05) is 0 Å². The Labute approximate surface area is 111 Å². The summed E-state index contributed by atoms with van der Waals surface area (Å²) in [5.74, 6) is 2.05. The van der Waals surface area contributed by atoms with Crippen molar-refractivity contribution in [1.29, 1.82) is 0 Å². The average molecular weight is 244 g/mol. The summed E-state index contributed by atoms with van der Waals surface area (Å²) in [4.78, 5) is 12.6. The van der Waals surface area contributed by atoms with Gasteiger partial charge in [0.25, 0.3) is 0 Å². The Morgan fingerprint density at radius 1 is 1.17 bits per heavy atom. The van der Waals surface area contributed by atoms with Crippen LogP contribution in [0.1, 0.15) is 39.2 Å².